The summed E-state index contributed by atoms with van der Waals surface area (Å²) < 4.78 is 0. The summed E-state index contributed by atoms with van der Waals surface area (Å²) >= 11 is 0. The molecule has 0 spiro atoms. The fourth-order valence-corrected chi connectivity index (χ4v) is 1.85. The molecule has 1 aliphatic heterocycles. The minimum Gasteiger partial charge on any atom is -0.356 e. The third-order valence-corrected chi connectivity index (χ3v) is 2.94. The molecule has 1 unspecified atom stereocenters. The highest BCUT2D eigenvalue weighted by Crippen LogP contribution is 2.29. The number of hydrogen-bond acceptors (Lipinski definition) is 2. The van der Waals surface area contributed by atoms with Crippen LogP contribution in [-0.4, -0.2) is 25.5 Å². The Morgan fingerprint density at radius 1 is 1.40 bits per heavy atom. The van der Waals surface area contributed by atoms with E-state index in [0.717, 1.165) is 38.9 Å². The van der Waals surface area contributed by atoms with E-state index in [1.165, 1.54) is 0 Å². The molecule has 1 atom stereocenters. The SMILES string of the molecule is CC.CCCNCC1(CC)CCNC1=O. The molecule has 3 heteroatoms. The van der Waals surface area contributed by atoms with Crippen molar-refractivity contribution in [1.82, 2.24) is 10.6 Å². The molecule has 90 valence electrons. The van der Waals surface area contributed by atoms with Crippen molar-refractivity contribution >= 4 is 5.91 Å². The second kappa shape index (κ2) is 7.69. The van der Waals surface area contributed by atoms with Crippen LogP contribution < -0.4 is 10.6 Å². The van der Waals surface area contributed by atoms with Crippen LogP contribution in [0.1, 0.15) is 47.0 Å². The molecule has 3 nitrogen and oxygen atoms in total. The van der Waals surface area contributed by atoms with Gasteiger partial charge in [-0.25, -0.2) is 0 Å². The van der Waals surface area contributed by atoms with Gasteiger partial charge in [0.05, 0.1) is 5.41 Å². The molecular weight excluding hydrogens is 188 g/mol. The van der Waals surface area contributed by atoms with E-state index in [0.29, 0.717) is 0 Å². The van der Waals surface area contributed by atoms with Gasteiger partial charge in [0.15, 0.2) is 0 Å². The first kappa shape index (κ1) is 14.4. The van der Waals surface area contributed by atoms with E-state index < -0.39 is 0 Å². The minimum absolute atomic E-state index is 0.116. The summed E-state index contributed by atoms with van der Waals surface area (Å²) in [6, 6.07) is 0. The minimum atomic E-state index is -0.116. The first-order valence-corrected chi connectivity index (χ1v) is 6.24. The third kappa shape index (κ3) is 3.82. The summed E-state index contributed by atoms with van der Waals surface area (Å²) in [5.74, 6) is 0.235. The Morgan fingerprint density at radius 3 is 2.47 bits per heavy atom. The highest BCUT2D eigenvalue weighted by Gasteiger charge is 2.39. The molecule has 2 N–H and O–H groups in total. The number of carbonyl (C=O) groups is 1. The molecule has 1 heterocycles. The highest BCUT2D eigenvalue weighted by molar-refractivity contribution is 5.84. The fraction of sp³-hybridized carbons (Fsp3) is 0.917. The lowest BCUT2D eigenvalue weighted by Crippen LogP contribution is -2.40. The van der Waals surface area contributed by atoms with Gasteiger partial charge in [-0.05, 0) is 25.8 Å². The van der Waals surface area contributed by atoms with Crippen LogP contribution in [0.25, 0.3) is 0 Å². The highest BCUT2D eigenvalue weighted by atomic mass is 16.2. The molecule has 15 heavy (non-hydrogen) atoms. The number of amides is 1. The molecule has 1 amide bonds. The normalized spacial score (nSPS) is 24.4. The standard InChI is InChI=1S/C10H20N2O.C2H6/c1-3-6-11-8-10(4-2)5-7-12-9(10)13;1-2/h11H,3-8H2,1-2H3,(H,12,13);1-2H3. The van der Waals surface area contributed by atoms with Gasteiger partial charge >= 0.3 is 0 Å². The van der Waals surface area contributed by atoms with Crippen molar-refractivity contribution < 1.29 is 4.79 Å². The van der Waals surface area contributed by atoms with Crippen LogP contribution in [-0.2, 0) is 4.79 Å². The number of rotatable bonds is 5. The Balaban J connectivity index is 0.000000921. The quantitative estimate of drug-likeness (QED) is 0.687. The number of carbonyl (C=O) groups excluding carboxylic acids is 1. The van der Waals surface area contributed by atoms with Crippen LogP contribution in [0, 0.1) is 5.41 Å². The average Bonchev–Trinajstić information content (AvgIpc) is 2.64. The van der Waals surface area contributed by atoms with Gasteiger partial charge in [-0.15, -0.1) is 0 Å². The molecule has 0 aromatic carbocycles. The summed E-state index contributed by atoms with van der Waals surface area (Å²) in [4.78, 5) is 11.6. The van der Waals surface area contributed by atoms with E-state index >= 15 is 0 Å². The molecule has 0 aliphatic carbocycles. The van der Waals surface area contributed by atoms with Gasteiger partial charge in [0.2, 0.25) is 5.91 Å². The van der Waals surface area contributed by atoms with Crippen LogP contribution >= 0.6 is 0 Å². The van der Waals surface area contributed by atoms with Crippen LogP contribution in [0.4, 0.5) is 0 Å². The summed E-state index contributed by atoms with van der Waals surface area (Å²) in [6.07, 6.45) is 3.05. The van der Waals surface area contributed by atoms with Crippen molar-refractivity contribution in [2.75, 3.05) is 19.6 Å². The van der Waals surface area contributed by atoms with Gasteiger partial charge < -0.3 is 10.6 Å². The Morgan fingerprint density at radius 2 is 2.07 bits per heavy atom. The first-order valence-electron chi connectivity index (χ1n) is 6.24. The van der Waals surface area contributed by atoms with E-state index in [1.807, 2.05) is 13.8 Å². The van der Waals surface area contributed by atoms with Crippen molar-refractivity contribution in [3.63, 3.8) is 0 Å². The lowest BCUT2D eigenvalue weighted by atomic mass is 9.83. The first-order chi connectivity index (χ1) is 7.25. The maximum atomic E-state index is 11.6. The summed E-state index contributed by atoms with van der Waals surface area (Å²) in [5, 5.41) is 6.25. The zero-order valence-corrected chi connectivity index (χ0v) is 10.7. The number of hydrogen-bond donors (Lipinski definition) is 2. The third-order valence-electron chi connectivity index (χ3n) is 2.94. The molecule has 0 bridgehead atoms. The van der Waals surface area contributed by atoms with E-state index in [2.05, 4.69) is 24.5 Å². The second-order valence-corrected chi connectivity index (χ2v) is 3.82. The van der Waals surface area contributed by atoms with Crippen LogP contribution in [0.5, 0.6) is 0 Å². The van der Waals surface area contributed by atoms with Gasteiger partial charge in [0.25, 0.3) is 0 Å². The molecule has 1 saturated heterocycles. The van der Waals surface area contributed by atoms with Crippen LogP contribution in [0.2, 0.25) is 0 Å². The van der Waals surface area contributed by atoms with Gasteiger partial charge in [-0.1, -0.05) is 27.7 Å². The smallest absolute Gasteiger partial charge is 0.227 e. The van der Waals surface area contributed by atoms with Crippen molar-refractivity contribution in [1.29, 1.82) is 0 Å². The predicted molar refractivity (Wildman–Crippen MR) is 64.9 cm³/mol. The Bertz CT molecular complexity index is 182. The summed E-state index contributed by atoms with van der Waals surface area (Å²) in [7, 11) is 0. The van der Waals surface area contributed by atoms with Gasteiger partial charge in [-0.2, -0.15) is 0 Å². The molecule has 0 aromatic rings. The van der Waals surface area contributed by atoms with E-state index in [1.54, 1.807) is 0 Å². The average molecular weight is 214 g/mol. The zero-order chi connectivity index (χ0) is 11.7. The summed E-state index contributed by atoms with van der Waals surface area (Å²) in [5.41, 5.74) is -0.116. The van der Waals surface area contributed by atoms with Crippen molar-refractivity contribution in [3.8, 4) is 0 Å². The lowest BCUT2D eigenvalue weighted by molar-refractivity contribution is -0.127. The molecule has 0 saturated carbocycles. The van der Waals surface area contributed by atoms with E-state index in [9.17, 15) is 4.79 Å². The predicted octanol–water partition coefficient (Wildman–Crippen LogP) is 1.93. The second-order valence-electron chi connectivity index (χ2n) is 3.82. The maximum Gasteiger partial charge on any atom is 0.227 e. The van der Waals surface area contributed by atoms with Gasteiger partial charge in [-0.3, -0.25) is 4.79 Å². The van der Waals surface area contributed by atoms with E-state index in [4.69, 9.17) is 0 Å². The van der Waals surface area contributed by atoms with Crippen LogP contribution in [0.15, 0.2) is 0 Å². The molecule has 1 aliphatic rings. The van der Waals surface area contributed by atoms with Crippen LogP contribution in [0.3, 0.4) is 0 Å². The topological polar surface area (TPSA) is 41.1 Å². The number of nitrogens with one attached hydrogen (secondary N) is 2. The van der Waals surface area contributed by atoms with Gasteiger partial charge in [0.1, 0.15) is 0 Å². The Hall–Kier alpha value is -0.570. The lowest BCUT2D eigenvalue weighted by Gasteiger charge is -2.24. The van der Waals surface area contributed by atoms with Crippen molar-refractivity contribution in [3.05, 3.63) is 0 Å². The van der Waals surface area contributed by atoms with Crippen molar-refractivity contribution in [2.24, 2.45) is 5.41 Å². The monoisotopic (exact) mass is 214 g/mol. The van der Waals surface area contributed by atoms with E-state index in [-0.39, 0.29) is 11.3 Å². The molecule has 0 radical (unpaired) electrons. The Labute approximate surface area is 94.0 Å². The maximum absolute atomic E-state index is 11.6. The fourth-order valence-electron chi connectivity index (χ4n) is 1.85. The molecular formula is C12H26N2O. The zero-order valence-electron chi connectivity index (χ0n) is 10.7. The largest absolute Gasteiger partial charge is 0.356 e. The molecule has 1 fully saturated rings. The summed E-state index contributed by atoms with van der Waals surface area (Å²) in [6.45, 7) is 10.9. The molecule has 0 aromatic heterocycles. The molecule has 1 rings (SSSR count). The Kier molecular flexibility index (Phi) is 7.39. The van der Waals surface area contributed by atoms with Crippen molar-refractivity contribution in [2.45, 2.75) is 47.0 Å². The van der Waals surface area contributed by atoms with Gasteiger partial charge in [0, 0.05) is 13.1 Å².